The van der Waals surface area contributed by atoms with E-state index in [2.05, 4.69) is 29.4 Å². The van der Waals surface area contributed by atoms with Crippen LogP contribution in [0.2, 0.25) is 10.0 Å². The summed E-state index contributed by atoms with van der Waals surface area (Å²) < 4.78 is 11.0. The highest BCUT2D eigenvalue weighted by Crippen LogP contribution is 2.39. The number of urea groups is 1. The van der Waals surface area contributed by atoms with E-state index in [1.807, 2.05) is 12.1 Å². The van der Waals surface area contributed by atoms with Crippen LogP contribution < -0.4 is 11.1 Å². The maximum absolute atomic E-state index is 13.1. The van der Waals surface area contributed by atoms with Crippen molar-refractivity contribution < 1.29 is 19.1 Å². The number of nitrogens with one attached hydrogen (secondary N) is 1. The van der Waals surface area contributed by atoms with Crippen LogP contribution in [0.25, 0.3) is 0 Å². The van der Waals surface area contributed by atoms with Crippen LogP contribution in [0.1, 0.15) is 38.5 Å². The lowest BCUT2D eigenvalue weighted by atomic mass is 9.84. The van der Waals surface area contributed by atoms with E-state index in [0.717, 1.165) is 40.9 Å². The van der Waals surface area contributed by atoms with Crippen LogP contribution in [0.15, 0.2) is 30.3 Å². The molecule has 0 saturated heterocycles. The van der Waals surface area contributed by atoms with Crippen LogP contribution in [0.4, 0.5) is 4.79 Å². The Bertz CT molecular complexity index is 1100. The van der Waals surface area contributed by atoms with E-state index < -0.39 is 6.03 Å². The highest BCUT2D eigenvalue weighted by molar-refractivity contribution is 6.35. The number of carbonyl (C=O) groups excluding carboxylic acids is 2. The summed E-state index contributed by atoms with van der Waals surface area (Å²) in [7, 11) is 2.07. The molecule has 2 aromatic carbocycles. The van der Waals surface area contributed by atoms with Gasteiger partial charge in [-0.25, -0.2) is 4.79 Å². The quantitative estimate of drug-likeness (QED) is 0.468. The van der Waals surface area contributed by atoms with Gasteiger partial charge in [-0.05, 0) is 47.5 Å². The van der Waals surface area contributed by atoms with Crippen molar-refractivity contribution in [3.05, 3.63) is 68.2 Å². The number of carbonyl (C=O) groups is 2. The van der Waals surface area contributed by atoms with Gasteiger partial charge < -0.3 is 30.3 Å². The number of ether oxygens (including phenoxy) is 2. The van der Waals surface area contributed by atoms with Crippen molar-refractivity contribution in [3.8, 4) is 0 Å². The monoisotopic (exact) mass is 520 g/mol. The van der Waals surface area contributed by atoms with Crippen molar-refractivity contribution >= 4 is 35.1 Å². The maximum Gasteiger partial charge on any atom is 0.312 e. The molecule has 188 valence electrons. The number of hydrogen-bond acceptors (Lipinski definition) is 5. The third kappa shape index (κ3) is 6.26. The second-order valence-electron chi connectivity index (χ2n) is 8.86. The first-order valence-electron chi connectivity index (χ1n) is 11.6. The molecule has 0 saturated carbocycles. The largest absolute Gasteiger partial charge is 0.377 e. The van der Waals surface area contributed by atoms with Gasteiger partial charge in [-0.3, -0.25) is 4.79 Å². The second-order valence-corrected chi connectivity index (χ2v) is 9.71. The zero-order valence-electron chi connectivity index (χ0n) is 19.7. The van der Waals surface area contributed by atoms with Gasteiger partial charge in [-0.1, -0.05) is 35.3 Å². The minimum Gasteiger partial charge on any atom is -0.377 e. The predicted molar refractivity (Wildman–Crippen MR) is 135 cm³/mol. The molecule has 2 aliphatic rings. The number of hydrogen-bond donors (Lipinski definition) is 2. The Morgan fingerprint density at radius 1 is 1.11 bits per heavy atom. The van der Waals surface area contributed by atoms with Gasteiger partial charge in [-0.2, -0.15) is 0 Å². The Hall–Kier alpha value is -2.36. The van der Waals surface area contributed by atoms with Gasteiger partial charge in [0.1, 0.15) is 0 Å². The molecule has 1 unspecified atom stereocenters. The third-order valence-electron chi connectivity index (χ3n) is 6.33. The summed E-state index contributed by atoms with van der Waals surface area (Å²) in [6, 6.07) is 9.40. The topological polar surface area (TPSA) is 97.1 Å². The molecule has 0 aliphatic carbocycles. The fourth-order valence-corrected chi connectivity index (χ4v) is 5.22. The van der Waals surface area contributed by atoms with E-state index in [-0.39, 0.29) is 11.8 Å². The lowest BCUT2D eigenvalue weighted by Crippen LogP contribution is -2.32. The summed E-state index contributed by atoms with van der Waals surface area (Å²) in [6.45, 7) is 4.66. The number of fused-ring (bicyclic) bond motifs is 2. The molecule has 2 aliphatic heterocycles. The molecule has 1 atom stereocenters. The van der Waals surface area contributed by atoms with E-state index in [1.165, 1.54) is 0 Å². The number of benzene rings is 2. The van der Waals surface area contributed by atoms with Crippen LogP contribution in [-0.4, -0.2) is 74.8 Å². The first kappa shape index (κ1) is 25.7. The molecule has 3 amide bonds. The Kier molecular flexibility index (Phi) is 8.51. The third-order valence-corrected chi connectivity index (χ3v) is 6.89. The van der Waals surface area contributed by atoms with E-state index in [0.29, 0.717) is 56.1 Å². The maximum atomic E-state index is 13.1. The summed E-state index contributed by atoms with van der Waals surface area (Å²) in [4.78, 5) is 27.7. The van der Waals surface area contributed by atoms with E-state index in [4.69, 9.17) is 38.4 Å². The number of rotatable bonds is 10. The fraction of sp³-hybridized carbons (Fsp3) is 0.440. The van der Waals surface area contributed by atoms with Gasteiger partial charge in [0.2, 0.25) is 0 Å². The summed E-state index contributed by atoms with van der Waals surface area (Å²) in [5.41, 5.74) is 10.1. The van der Waals surface area contributed by atoms with Crippen molar-refractivity contribution in [3.63, 3.8) is 0 Å². The van der Waals surface area contributed by atoms with Crippen molar-refractivity contribution in [2.24, 2.45) is 5.73 Å². The summed E-state index contributed by atoms with van der Waals surface area (Å²) in [6.07, 6.45) is 0. The van der Waals surface area contributed by atoms with Crippen LogP contribution in [0.5, 0.6) is 0 Å². The van der Waals surface area contributed by atoms with Crippen molar-refractivity contribution in [1.82, 2.24) is 15.1 Å². The summed E-state index contributed by atoms with van der Waals surface area (Å²) in [5, 5.41) is 3.75. The molecule has 2 aromatic rings. The smallest absolute Gasteiger partial charge is 0.312 e. The predicted octanol–water partition coefficient (Wildman–Crippen LogP) is 3.23. The van der Waals surface area contributed by atoms with Crippen molar-refractivity contribution in [2.75, 3.05) is 53.1 Å². The van der Waals surface area contributed by atoms with Crippen molar-refractivity contribution in [2.45, 2.75) is 19.0 Å². The van der Waals surface area contributed by atoms with Crippen molar-refractivity contribution in [1.29, 1.82) is 0 Å². The summed E-state index contributed by atoms with van der Waals surface area (Å²) >= 11 is 12.8. The minimum absolute atomic E-state index is 0.0211. The number of nitrogens with zero attached hydrogens (tertiary/aromatic N) is 2. The lowest BCUT2D eigenvalue weighted by Gasteiger charge is -2.33. The SMILES string of the molecule is CN1Cc2c(Cl)cc(Cl)cc2C(c2ccc3c(c2)C(=O)N(CCOCCOCCNC(N)=O)C3)C1. The Labute approximate surface area is 215 Å². The average molecular weight is 521 g/mol. The molecule has 0 radical (unpaired) electrons. The molecule has 10 heteroatoms. The van der Waals surface area contributed by atoms with E-state index in [9.17, 15) is 9.59 Å². The number of nitrogens with two attached hydrogens (primary N) is 1. The zero-order chi connectivity index (χ0) is 24.9. The van der Waals surface area contributed by atoms with E-state index in [1.54, 1.807) is 11.0 Å². The molecule has 2 heterocycles. The highest BCUT2D eigenvalue weighted by atomic mass is 35.5. The molecule has 0 spiro atoms. The van der Waals surface area contributed by atoms with Gasteiger partial charge in [0.15, 0.2) is 0 Å². The first-order valence-corrected chi connectivity index (χ1v) is 12.4. The number of primary amides is 1. The van der Waals surface area contributed by atoms with Gasteiger partial charge in [0.25, 0.3) is 5.91 Å². The zero-order valence-corrected chi connectivity index (χ0v) is 21.2. The molecule has 3 N–H and O–H groups in total. The van der Waals surface area contributed by atoms with Crippen LogP contribution in [-0.2, 0) is 22.6 Å². The molecule has 4 rings (SSSR count). The average Bonchev–Trinajstić information content (AvgIpc) is 3.12. The number of amides is 3. The van der Waals surface area contributed by atoms with Gasteiger partial charge in [0.05, 0.1) is 26.4 Å². The van der Waals surface area contributed by atoms with Crippen LogP contribution in [0, 0.1) is 0 Å². The molecule has 0 fully saturated rings. The number of halogens is 2. The first-order chi connectivity index (χ1) is 16.8. The Balaban J connectivity index is 1.33. The highest BCUT2D eigenvalue weighted by Gasteiger charge is 2.31. The Morgan fingerprint density at radius 2 is 1.89 bits per heavy atom. The van der Waals surface area contributed by atoms with Gasteiger partial charge >= 0.3 is 6.03 Å². The molecule has 8 nitrogen and oxygen atoms in total. The van der Waals surface area contributed by atoms with Crippen LogP contribution >= 0.6 is 23.2 Å². The second kappa shape index (κ2) is 11.6. The standard InChI is InChI=1S/C25H30Cl2N4O4/c1-30-14-21(20-11-18(26)12-23(27)22(20)15-30)16-2-3-17-13-31(24(32)19(17)10-16)5-7-35-9-8-34-6-4-29-25(28)33/h2-3,10-12,21H,4-9,13-15H2,1H3,(H3,28,29,33). The number of likely N-dealkylation sites (N-methyl/N-ethyl adjacent to an activating group) is 1. The van der Waals surface area contributed by atoms with Gasteiger partial charge in [0, 0.05) is 54.3 Å². The lowest BCUT2D eigenvalue weighted by molar-refractivity contribution is 0.0378. The fourth-order valence-electron chi connectivity index (χ4n) is 4.65. The molecule has 0 aromatic heterocycles. The normalized spacial score (nSPS) is 17.4. The van der Waals surface area contributed by atoms with Gasteiger partial charge in [-0.15, -0.1) is 0 Å². The summed E-state index contributed by atoms with van der Waals surface area (Å²) in [5.74, 6) is 0.112. The Morgan fingerprint density at radius 3 is 2.66 bits per heavy atom. The molecule has 0 bridgehead atoms. The molecular formula is C25H30Cl2N4O4. The molecular weight excluding hydrogens is 491 g/mol. The van der Waals surface area contributed by atoms with E-state index >= 15 is 0 Å². The molecule has 35 heavy (non-hydrogen) atoms. The van der Waals surface area contributed by atoms with Crippen LogP contribution in [0.3, 0.4) is 0 Å². The minimum atomic E-state index is -0.571.